The molecule has 0 saturated carbocycles. The van der Waals surface area contributed by atoms with Crippen LogP contribution in [0.25, 0.3) is 0 Å². The largest absolute Gasteiger partial charge is 1.00 e. The lowest BCUT2D eigenvalue weighted by Crippen LogP contribution is -3.00. The molecule has 72 valence electrons. The predicted octanol–water partition coefficient (Wildman–Crippen LogP) is -0.569. The Morgan fingerprint density at radius 3 is 2.42 bits per heavy atom. The topological polar surface area (TPSA) is 3.01 Å². The van der Waals surface area contributed by atoms with E-state index >= 15 is 0 Å². The molecule has 0 radical (unpaired) electrons. The Bertz CT molecular complexity index is 137. The minimum absolute atomic E-state index is 0. The molecule has 1 saturated heterocycles. The van der Waals surface area contributed by atoms with E-state index in [1.54, 1.807) is 0 Å². The monoisotopic (exact) mass is 297 g/mol. The van der Waals surface area contributed by atoms with Crippen LogP contribution in [0.2, 0.25) is 0 Å². The van der Waals surface area contributed by atoms with Crippen molar-refractivity contribution in [3.63, 3.8) is 0 Å². The van der Waals surface area contributed by atoms with Crippen LogP contribution in [0, 0.1) is 0 Å². The van der Waals surface area contributed by atoms with Crippen LogP contribution in [0.5, 0.6) is 0 Å². The van der Waals surface area contributed by atoms with Gasteiger partial charge in [-0.25, -0.2) is 4.58 Å². The number of rotatable bonds is 2. The van der Waals surface area contributed by atoms with Crippen molar-refractivity contribution in [3.05, 3.63) is 0 Å². The summed E-state index contributed by atoms with van der Waals surface area (Å²) in [6, 6.07) is 0. The zero-order valence-corrected chi connectivity index (χ0v) is 10.8. The molecule has 0 bridgehead atoms. The minimum Gasteiger partial charge on any atom is -1.00 e. The highest BCUT2D eigenvalue weighted by atomic mass is 79.9. The van der Waals surface area contributed by atoms with E-state index in [4.69, 9.17) is 0 Å². The van der Waals surface area contributed by atoms with Gasteiger partial charge in [-0.15, -0.1) is 0 Å². The molecule has 12 heavy (non-hydrogen) atoms. The first-order valence-electron chi connectivity index (χ1n) is 4.56. The average Bonchev–Trinajstić information content (AvgIpc) is 2.06. The summed E-state index contributed by atoms with van der Waals surface area (Å²) in [5.41, 5.74) is 0. The first kappa shape index (κ1) is 12.6. The third-order valence-electron chi connectivity index (χ3n) is 2.15. The third-order valence-corrected chi connectivity index (χ3v) is 3.04. The van der Waals surface area contributed by atoms with E-state index < -0.39 is 0 Å². The van der Waals surface area contributed by atoms with Crippen LogP contribution < -0.4 is 17.0 Å². The fraction of sp³-hybridized carbons (Fsp3) is 0.889. The lowest BCUT2D eigenvalue weighted by molar-refractivity contribution is -0.533. The molecule has 1 heterocycles. The van der Waals surface area contributed by atoms with Gasteiger partial charge in [-0.3, -0.25) is 0 Å². The summed E-state index contributed by atoms with van der Waals surface area (Å²) in [6.45, 7) is 4.74. The maximum absolute atomic E-state index is 3.62. The highest BCUT2D eigenvalue weighted by Gasteiger charge is 2.11. The molecule has 0 aromatic rings. The molecule has 1 fully saturated rings. The van der Waals surface area contributed by atoms with Crippen molar-refractivity contribution in [2.45, 2.75) is 37.4 Å². The lowest BCUT2D eigenvalue weighted by atomic mass is 10.1. The van der Waals surface area contributed by atoms with Crippen molar-refractivity contribution < 1.29 is 21.6 Å². The minimum atomic E-state index is 0. The smallest absolute Gasteiger partial charge is 0.153 e. The van der Waals surface area contributed by atoms with Gasteiger partial charge in [0.25, 0.3) is 0 Å². The van der Waals surface area contributed by atoms with E-state index in [-0.39, 0.29) is 17.0 Å². The molecular formula is C9H17Br2N. The molecule has 0 N–H and O–H groups in total. The van der Waals surface area contributed by atoms with Crippen molar-refractivity contribution in [2.24, 2.45) is 0 Å². The van der Waals surface area contributed by atoms with Crippen LogP contribution in [0.15, 0.2) is 0 Å². The summed E-state index contributed by atoms with van der Waals surface area (Å²) in [5.74, 6) is 0. The molecule has 1 nitrogen and oxygen atoms in total. The van der Waals surface area contributed by atoms with Crippen LogP contribution in [0.4, 0.5) is 0 Å². The molecule has 3 heteroatoms. The molecule has 0 spiro atoms. The summed E-state index contributed by atoms with van der Waals surface area (Å²) < 4.78 is 2.45. The quantitative estimate of drug-likeness (QED) is 0.475. The Balaban J connectivity index is 0.00000121. The van der Waals surface area contributed by atoms with Crippen LogP contribution >= 0.6 is 15.9 Å². The van der Waals surface area contributed by atoms with Gasteiger partial charge >= 0.3 is 0 Å². The number of alkyl halides is 1. The molecule has 1 unspecified atom stereocenters. The van der Waals surface area contributed by atoms with Gasteiger partial charge < -0.3 is 17.0 Å². The average molecular weight is 299 g/mol. The van der Waals surface area contributed by atoms with Gasteiger partial charge in [0.05, 0.1) is 4.83 Å². The van der Waals surface area contributed by atoms with Gasteiger partial charge in [-0.2, -0.15) is 0 Å². The molecular weight excluding hydrogens is 282 g/mol. The molecule has 0 aliphatic carbocycles. The maximum atomic E-state index is 3.62. The highest BCUT2D eigenvalue weighted by molar-refractivity contribution is 9.09. The summed E-state index contributed by atoms with van der Waals surface area (Å²) >= 11 is 3.62. The molecule has 0 aromatic carbocycles. The Morgan fingerprint density at radius 1 is 1.33 bits per heavy atom. The third kappa shape index (κ3) is 4.61. The molecule has 0 amide bonds. The predicted molar refractivity (Wildman–Crippen MR) is 52.9 cm³/mol. The molecule has 0 aromatic heterocycles. The van der Waals surface area contributed by atoms with Crippen molar-refractivity contribution >= 4 is 22.1 Å². The standard InChI is InChI=1S/C9H17BrN.BrH/c1-2-9(10)8-11-6-4-3-5-7-11;/h8-9H,2-7H2,1H3;1H/q+1;/p-1. The van der Waals surface area contributed by atoms with Gasteiger partial charge in [0.15, 0.2) is 6.21 Å². The number of hydrogen-bond donors (Lipinski definition) is 0. The normalized spacial score (nSPS) is 19.7. The first-order chi connectivity index (χ1) is 5.33. The number of piperidine rings is 1. The highest BCUT2D eigenvalue weighted by Crippen LogP contribution is 2.06. The van der Waals surface area contributed by atoms with Crippen LogP contribution in [0.3, 0.4) is 0 Å². The Hall–Kier alpha value is 0.630. The molecule has 1 aliphatic heterocycles. The second-order valence-electron chi connectivity index (χ2n) is 3.17. The van der Waals surface area contributed by atoms with Crippen molar-refractivity contribution in [3.8, 4) is 0 Å². The molecule has 1 rings (SSSR count). The SMILES string of the molecule is CCC(Br)C=[N+]1CCCCC1.[Br-]. The van der Waals surface area contributed by atoms with E-state index in [1.807, 2.05) is 0 Å². The van der Waals surface area contributed by atoms with E-state index in [0.29, 0.717) is 4.83 Å². The summed E-state index contributed by atoms with van der Waals surface area (Å²) in [5, 5.41) is 0. The van der Waals surface area contributed by atoms with Gasteiger partial charge in [0.2, 0.25) is 0 Å². The van der Waals surface area contributed by atoms with Crippen LogP contribution in [-0.4, -0.2) is 28.7 Å². The van der Waals surface area contributed by atoms with Gasteiger partial charge in [0, 0.05) is 12.8 Å². The number of hydrogen-bond acceptors (Lipinski definition) is 0. The summed E-state index contributed by atoms with van der Waals surface area (Å²) in [4.78, 5) is 0.584. The van der Waals surface area contributed by atoms with E-state index in [9.17, 15) is 0 Å². The Morgan fingerprint density at radius 2 is 1.92 bits per heavy atom. The molecule has 1 atom stereocenters. The van der Waals surface area contributed by atoms with Crippen molar-refractivity contribution in [2.75, 3.05) is 13.1 Å². The second kappa shape index (κ2) is 7.07. The number of halogens is 2. The zero-order valence-electron chi connectivity index (χ0n) is 7.60. The van der Waals surface area contributed by atoms with Crippen molar-refractivity contribution in [1.82, 2.24) is 0 Å². The fourth-order valence-electron chi connectivity index (χ4n) is 1.40. The van der Waals surface area contributed by atoms with Crippen LogP contribution in [0.1, 0.15) is 32.6 Å². The van der Waals surface area contributed by atoms with Gasteiger partial charge in [0.1, 0.15) is 13.1 Å². The van der Waals surface area contributed by atoms with E-state index in [1.165, 1.54) is 38.8 Å². The summed E-state index contributed by atoms with van der Waals surface area (Å²) in [7, 11) is 0. The van der Waals surface area contributed by atoms with Gasteiger partial charge in [-0.05, 0) is 12.8 Å². The first-order valence-corrected chi connectivity index (χ1v) is 5.47. The van der Waals surface area contributed by atoms with E-state index in [0.717, 1.165) is 0 Å². The zero-order chi connectivity index (χ0) is 8.10. The van der Waals surface area contributed by atoms with Gasteiger partial charge in [-0.1, -0.05) is 22.9 Å². The Kier molecular flexibility index (Phi) is 7.45. The number of nitrogens with zero attached hydrogens (tertiary/aromatic N) is 1. The fourth-order valence-corrected chi connectivity index (χ4v) is 1.74. The Labute approximate surface area is 94.1 Å². The second-order valence-corrected chi connectivity index (χ2v) is 4.35. The van der Waals surface area contributed by atoms with E-state index in [2.05, 4.69) is 33.6 Å². The molecule has 1 aliphatic rings. The maximum Gasteiger partial charge on any atom is 0.153 e. The van der Waals surface area contributed by atoms with Crippen LogP contribution in [-0.2, 0) is 0 Å². The summed E-state index contributed by atoms with van der Waals surface area (Å²) in [6.07, 6.45) is 7.69. The lowest BCUT2D eigenvalue weighted by Gasteiger charge is -2.10. The van der Waals surface area contributed by atoms with Crippen molar-refractivity contribution in [1.29, 1.82) is 0 Å².